The van der Waals surface area contributed by atoms with Gasteiger partial charge in [-0.15, -0.1) is 0 Å². The maximum atomic E-state index is 14.1. The van der Waals surface area contributed by atoms with E-state index in [1.54, 1.807) is 23.6 Å². The molecule has 0 saturated carbocycles. The molecular formula is C59H105N5O8. The summed E-state index contributed by atoms with van der Waals surface area (Å²) in [6.07, 6.45) is 42.3. The van der Waals surface area contributed by atoms with Gasteiger partial charge in [-0.25, -0.2) is 0 Å². The van der Waals surface area contributed by atoms with Crippen molar-refractivity contribution in [3.63, 3.8) is 0 Å². The van der Waals surface area contributed by atoms with Crippen molar-refractivity contribution in [2.75, 3.05) is 59.5 Å². The zero-order chi connectivity index (χ0) is 53.6. The van der Waals surface area contributed by atoms with Crippen LogP contribution in [0.5, 0.6) is 0 Å². The molecule has 2 atom stereocenters. The minimum Gasteiger partial charge on any atom is -0.465 e. The maximum absolute atomic E-state index is 14.1. The van der Waals surface area contributed by atoms with E-state index in [0.717, 1.165) is 89.9 Å². The van der Waals surface area contributed by atoms with E-state index < -0.39 is 35.8 Å². The number of nitrogens with zero attached hydrogens (tertiary/aromatic N) is 3. The molecule has 414 valence electrons. The summed E-state index contributed by atoms with van der Waals surface area (Å²) in [5.74, 6) is -2.63. The van der Waals surface area contributed by atoms with Crippen molar-refractivity contribution in [3.05, 3.63) is 48.6 Å². The summed E-state index contributed by atoms with van der Waals surface area (Å²) in [6, 6.07) is -1.62. The number of rotatable bonds is 46. The molecule has 4 amide bonds. The molecule has 2 N–H and O–H groups in total. The maximum Gasteiger partial charge on any atom is 0.325 e. The van der Waals surface area contributed by atoms with Gasteiger partial charge in [0, 0.05) is 39.0 Å². The Morgan fingerprint density at radius 1 is 0.431 bits per heavy atom. The van der Waals surface area contributed by atoms with E-state index in [1.165, 1.54) is 38.5 Å². The van der Waals surface area contributed by atoms with Gasteiger partial charge < -0.3 is 34.8 Å². The van der Waals surface area contributed by atoms with E-state index in [4.69, 9.17) is 9.47 Å². The highest BCUT2D eigenvalue weighted by molar-refractivity contribution is 5.90. The van der Waals surface area contributed by atoms with Gasteiger partial charge >= 0.3 is 11.9 Å². The van der Waals surface area contributed by atoms with Gasteiger partial charge in [-0.2, -0.15) is 0 Å². The highest BCUT2D eigenvalue weighted by atomic mass is 16.5. The van der Waals surface area contributed by atoms with Crippen LogP contribution in [0, 0.1) is 11.8 Å². The Morgan fingerprint density at radius 3 is 1.07 bits per heavy atom. The number of hydrogen-bond acceptors (Lipinski definition) is 9. The molecule has 0 aromatic heterocycles. The Kier molecular flexibility index (Phi) is 43.8. The Balaban J connectivity index is 5.77. The van der Waals surface area contributed by atoms with Crippen molar-refractivity contribution in [2.45, 2.75) is 222 Å². The van der Waals surface area contributed by atoms with Crippen LogP contribution in [-0.4, -0.2) is 122 Å². The Hall–Kier alpha value is -4.26. The van der Waals surface area contributed by atoms with Crippen molar-refractivity contribution < 1.29 is 38.2 Å². The summed E-state index contributed by atoms with van der Waals surface area (Å²) < 4.78 is 10.1. The number of ether oxygens (including phenoxy) is 2. The molecule has 0 radical (unpaired) electrons. The Bertz CT molecular complexity index is 1450. The minimum absolute atomic E-state index is 0.119. The molecule has 0 heterocycles. The highest BCUT2D eigenvalue weighted by Crippen LogP contribution is 2.19. The molecule has 0 aromatic rings. The number of carbonyl (C=O) groups excluding carboxylic acids is 6. The quantitative estimate of drug-likeness (QED) is 0.0344. The SMILES string of the molecule is CCCCC/C=C\C/C=C\CCCCCCCC(=O)N(CCN(C)CCN(C(=O)CCCCCCC/C=C\C/C=C\CCCCC)C(C(=O)NCC(=O)OCC)C(C)C)C(C(=O)NCC(=O)OCC)C(C)C. The van der Waals surface area contributed by atoms with Crippen LogP contribution >= 0.6 is 0 Å². The fourth-order valence-corrected chi connectivity index (χ4v) is 8.53. The van der Waals surface area contributed by atoms with Crippen LogP contribution in [0.2, 0.25) is 0 Å². The molecule has 72 heavy (non-hydrogen) atoms. The fourth-order valence-electron chi connectivity index (χ4n) is 8.53. The van der Waals surface area contributed by atoms with Crippen molar-refractivity contribution in [3.8, 4) is 0 Å². The van der Waals surface area contributed by atoms with Crippen LogP contribution in [0.4, 0.5) is 0 Å². The summed E-state index contributed by atoms with van der Waals surface area (Å²) in [5, 5.41) is 5.41. The lowest BCUT2D eigenvalue weighted by molar-refractivity contribution is -0.146. The summed E-state index contributed by atoms with van der Waals surface area (Å²) in [4.78, 5) is 85.3. The number of carbonyl (C=O) groups is 6. The first-order valence-corrected chi connectivity index (χ1v) is 28.5. The van der Waals surface area contributed by atoms with Gasteiger partial charge in [-0.3, -0.25) is 28.8 Å². The van der Waals surface area contributed by atoms with E-state index in [1.807, 2.05) is 39.6 Å². The van der Waals surface area contributed by atoms with E-state index >= 15 is 0 Å². The number of esters is 2. The van der Waals surface area contributed by atoms with E-state index in [9.17, 15) is 28.8 Å². The monoisotopic (exact) mass is 1010 g/mol. The number of amides is 4. The van der Waals surface area contributed by atoms with Gasteiger partial charge in [-0.05, 0) is 110 Å². The topological polar surface area (TPSA) is 155 Å². The zero-order valence-electron chi connectivity index (χ0n) is 47.2. The number of likely N-dealkylation sites (N-methyl/N-ethyl adjacent to an activating group) is 1. The molecule has 0 aliphatic rings. The average Bonchev–Trinajstić information content (AvgIpc) is 3.34. The number of nitrogens with one attached hydrogen (secondary N) is 2. The first-order valence-electron chi connectivity index (χ1n) is 28.5. The molecule has 0 aliphatic heterocycles. The second-order valence-corrected chi connectivity index (χ2v) is 19.9. The lowest BCUT2D eigenvalue weighted by Gasteiger charge is -2.36. The van der Waals surface area contributed by atoms with E-state index in [-0.39, 0.29) is 63.0 Å². The number of unbranched alkanes of at least 4 members (excludes halogenated alkanes) is 16. The lowest BCUT2D eigenvalue weighted by atomic mass is 10.00. The van der Waals surface area contributed by atoms with Crippen LogP contribution in [0.15, 0.2) is 48.6 Å². The standard InChI is InChI=1S/C59H105N5O8/c1-10-14-16-18-20-22-24-26-28-30-32-34-36-38-40-42-52(65)63(56(50(5)6)58(69)60-48-54(67)71-12-3)46-44-62(9)45-47-64(57(51(7)8)59(70)61-49-55(68)72-13-4)53(66)43-41-39-37-35-33-31-29-27-25-23-21-19-17-15-11-2/h20-23,26-29,50-51,56-57H,10-19,24-25,30-49H2,1-9H3,(H,60,69)(H,61,70)/b22-20-,23-21-,28-26-,29-27-. The normalized spacial score (nSPS) is 12.7. The lowest BCUT2D eigenvalue weighted by Crippen LogP contribution is -2.56. The molecular weight excluding hydrogens is 907 g/mol. The van der Waals surface area contributed by atoms with E-state index in [2.05, 4.69) is 73.1 Å². The molecule has 0 aliphatic carbocycles. The number of allylic oxidation sites excluding steroid dienone is 8. The van der Waals surface area contributed by atoms with Crippen LogP contribution < -0.4 is 10.6 Å². The van der Waals surface area contributed by atoms with Gasteiger partial charge in [0.05, 0.1) is 13.2 Å². The molecule has 0 aromatic carbocycles. The first kappa shape index (κ1) is 67.7. The van der Waals surface area contributed by atoms with Gasteiger partial charge in [0.15, 0.2) is 0 Å². The predicted octanol–water partition coefficient (Wildman–Crippen LogP) is 11.6. The van der Waals surface area contributed by atoms with Crippen LogP contribution in [0.1, 0.15) is 209 Å². The second-order valence-electron chi connectivity index (χ2n) is 19.9. The summed E-state index contributed by atoms with van der Waals surface area (Å²) >= 11 is 0. The summed E-state index contributed by atoms with van der Waals surface area (Å²) in [7, 11) is 1.91. The molecule has 2 unspecified atom stereocenters. The average molecular weight is 1010 g/mol. The van der Waals surface area contributed by atoms with Gasteiger partial charge in [0.1, 0.15) is 25.2 Å². The molecule has 0 rings (SSSR count). The van der Waals surface area contributed by atoms with Gasteiger partial charge in [0.25, 0.3) is 0 Å². The molecule has 13 nitrogen and oxygen atoms in total. The van der Waals surface area contributed by atoms with Crippen molar-refractivity contribution >= 4 is 35.6 Å². The Labute approximate surface area is 439 Å². The minimum atomic E-state index is -0.811. The molecule has 0 fully saturated rings. The predicted molar refractivity (Wildman–Crippen MR) is 296 cm³/mol. The Morgan fingerprint density at radius 2 is 0.750 bits per heavy atom. The van der Waals surface area contributed by atoms with Crippen molar-refractivity contribution in [1.29, 1.82) is 0 Å². The van der Waals surface area contributed by atoms with Crippen molar-refractivity contribution in [2.24, 2.45) is 11.8 Å². The third kappa shape index (κ3) is 35.8. The van der Waals surface area contributed by atoms with Gasteiger partial charge in [-0.1, -0.05) is 154 Å². The van der Waals surface area contributed by atoms with Crippen molar-refractivity contribution in [1.82, 2.24) is 25.3 Å². The first-order chi connectivity index (χ1) is 34.7. The van der Waals surface area contributed by atoms with Crippen LogP contribution in [-0.2, 0) is 38.2 Å². The molecule has 13 heteroatoms. The highest BCUT2D eigenvalue weighted by Gasteiger charge is 2.34. The third-order valence-corrected chi connectivity index (χ3v) is 12.7. The summed E-state index contributed by atoms with van der Waals surface area (Å²) in [5.41, 5.74) is 0. The second kappa shape index (κ2) is 46.5. The molecule has 0 saturated heterocycles. The van der Waals surface area contributed by atoms with Crippen LogP contribution in [0.25, 0.3) is 0 Å². The number of hydrogen-bond donors (Lipinski definition) is 2. The molecule has 0 spiro atoms. The molecule has 0 bridgehead atoms. The van der Waals surface area contributed by atoms with E-state index in [0.29, 0.717) is 38.8 Å². The van der Waals surface area contributed by atoms with Crippen LogP contribution in [0.3, 0.4) is 0 Å². The zero-order valence-corrected chi connectivity index (χ0v) is 47.2. The summed E-state index contributed by atoms with van der Waals surface area (Å²) in [6.45, 7) is 16.6. The largest absolute Gasteiger partial charge is 0.465 e. The fraction of sp³-hybridized carbons (Fsp3) is 0.763. The smallest absolute Gasteiger partial charge is 0.325 e. The van der Waals surface area contributed by atoms with Gasteiger partial charge in [0.2, 0.25) is 23.6 Å². The third-order valence-electron chi connectivity index (χ3n) is 12.7.